The van der Waals surface area contributed by atoms with E-state index in [4.69, 9.17) is 4.74 Å². The molecule has 4 nitrogen and oxygen atoms in total. The molecule has 1 aliphatic rings. The predicted molar refractivity (Wildman–Crippen MR) is 91.4 cm³/mol. The normalized spacial score (nSPS) is 19.4. The van der Waals surface area contributed by atoms with Crippen molar-refractivity contribution in [2.24, 2.45) is 0 Å². The quantitative estimate of drug-likeness (QED) is 0.855. The van der Waals surface area contributed by atoms with Crippen molar-refractivity contribution in [1.29, 1.82) is 0 Å². The molecule has 1 aromatic heterocycles. The first-order chi connectivity index (χ1) is 10.6. The maximum atomic E-state index is 10.6. The molecule has 0 aliphatic carbocycles. The maximum Gasteiger partial charge on any atom is 0.0869 e. The Morgan fingerprint density at radius 3 is 2.91 bits per heavy atom. The van der Waals surface area contributed by atoms with Gasteiger partial charge < -0.3 is 15.2 Å². The Labute approximate surface area is 135 Å². The number of hydrogen-bond donors (Lipinski definition) is 2. The highest BCUT2D eigenvalue weighted by molar-refractivity contribution is 7.17. The van der Waals surface area contributed by atoms with Crippen molar-refractivity contribution in [3.05, 3.63) is 35.2 Å². The summed E-state index contributed by atoms with van der Waals surface area (Å²) in [6.07, 6.45) is 0. The van der Waals surface area contributed by atoms with Crippen LogP contribution in [0.4, 0.5) is 0 Å². The number of nitrogens with one attached hydrogen (secondary N) is 1. The highest BCUT2D eigenvalue weighted by Gasteiger charge is 2.24. The van der Waals surface area contributed by atoms with Crippen LogP contribution in [-0.4, -0.2) is 55.0 Å². The molecule has 2 heterocycles. The van der Waals surface area contributed by atoms with Gasteiger partial charge in [-0.15, -0.1) is 11.3 Å². The van der Waals surface area contributed by atoms with Gasteiger partial charge in [0.05, 0.1) is 18.8 Å². The van der Waals surface area contributed by atoms with E-state index in [1.807, 2.05) is 6.92 Å². The van der Waals surface area contributed by atoms with Crippen LogP contribution in [0.5, 0.6) is 0 Å². The van der Waals surface area contributed by atoms with Gasteiger partial charge in [0.25, 0.3) is 0 Å². The Morgan fingerprint density at radius 2 is 2.09 bits per heavy atom. The number of morpholine rings is 1. The number of benzene rings is 1. The van der Waals surface area contributed by atoms with Crippen molar-refractivity contribution < 1.29 is 9.84 Å². The minimum atomic E-state index is -0.719. The van der Waals surface area contributed by atoms with Gasteiger partial charge in [-0.1, -0.05) is 18.2 Å². The van der Waals surface area contributed by atoms with Crippen molar-refractivity contribution in [3.63, 3.8) is 0 Å². The van der Waals surface area contributed by atoms with Crippen LogP contribution in [0, 0.1) is 0 Å². The van der Waals surface area contributed by atoms with Gasteiger partial charge in [-0.25, -0.2) is 0 Å². The number of thiophene rings is 1. The zero-order chi connectivity index (χ0) is 15.4. The number of rotatable bonds is 6. The molecule has 0 saturated carbocycles. The van der Waals surface area contributed by atoms with Gasteiger partial charge in [0.2, 0.25) is 0 Å². The number of ether oxygens (including phenoxy) is 1. The number of nitrogens with zero attached hydrogens (tertiary/aromatic N) is 1. The molecule has 2 aromatic rings. The largest absolute Gasteiger partial charge is 0.388 e. The molecular weight excluding hydrogens is 296 g/mol. The van der Waals surface area contributed by atoms with Crippen LogP contribution >= 0.6 is 11.3 Å². The first-order valence-electron chi connectivity index (χ1n) is 7.82. The molecule has 3 rings (SSSR count). The van der Waals surface area contributed by atoms with Crippen LogP contribution in [0.3, 0.4) is 0 Å². The van der Waals surface area contributed by atoms with E-state index in [0.29, 0.717) is 13.1 Å². The molecule has 2 N–H and O–H groups in total. The molecule has 0 bridgehead atoms. The van der Waals surface area contributed by atoms with E-state index in [-0.39, 0.29) is 0 Å². The number of hydrogen-bond acceptors (Lipinski definition) is 5. The van der Waals surface area contributed by atoms with Gasteiger partial charge in [-0.3, -0.25) is 4.90 Å². The Bertz CT molecular complexity index is 605. The smallest absolute Gasteiger partial charge is 0.0869 e. The highest BCUT2D eigenvalue weighted by Crippen LogP contribution is 2.25. The summed E-state index contributed by atoms with van der Waals surface area (Å²) in [6.45, 7) is 7.33. The van der Waals surface area contributed by atoms with Crippen LogP contribution in [0.25, 0.3) is 10.1 Å². The lowest BCUT2D eigenvalue weighted by Gasteiger charge is -2.34. The van der Waals surface area contributed by atoms with Crippen LogP contribution in [0.1, 0.15) is 12.5 Å². The standard InChI is InChI=1S/C17H24N2O2S/c1-17(20,13-19-6-8-21-9-7-19)12-18-10-14-11-22-16-5-3-2-4-15(14)16/h2-5,11,18,20H,6-10,12-13H2,1H3. The van der Waals surface area contributed by atoms with Gasteiger partial charge in [-0.05, 0) is 29.3 Å². The second-order valence-corrected chi connectivity index (χ2v) is 7.16. The summed E-state index contributed by atoms with van der Waals surface area (Å²) in [7, 11) is 0. The van der Waals surface area contributed by atoms with Crippen molar-refractivity contribution in [3.8, 4) is 0 Å². The zero-order valence-corrected chi connectivity index (χ0v) is 13.9. The lowest BCUT2D eigenvalue weighted by atomic mass is 10.1. The van der Waals surface area contributed by atoms with Gasteiger partial charge in [-0.2, -0.15) is 0 Å². The van der Waals surface area contributed by atoms with Gasteiger partial charge in [0.1, 0.15) is 0 Å². The van der Waals surface area contributed by atoms with Crippen molar-refractivity contribution >= 4 is 21.4 Å². The fourth-order valence-electron chi connectivity index (χ4n) is 2.93. The zero-order valence-electron chi connectivity index (χ0n) is 13.0. The van der Waals surface area contributed by atoms with Gasteiger partial charge in [0.15, 0.2) is 0 Å². The lowest BCUT2D eigenvalue weighted by Crippen LogP contribution is -2.50. The molecule has 1 saturated heterocycles. The molecule has 0 amide bonds. The summed E-state index contributed by atoms with van der Waals surface area (Å²) in [4.78, 5) is 2.27. The van der Waals surface area contributed by atoms with Gasteiger partial charge >= 0.3 is 0 Å². The van der Waals surface area contributed by atoms with Crippen LogP contribution < -0.4 is 5.32 Å². The first kappa shape index (κ1) is 15.9. The summed E-state index contributed by atoms with van der Waals surface area (Å²) in [5, 5.41) is 17.5. The first-order valence-corrected chi connectivity index (χ1v) is 8.70. The van der Waals surface area contributed by atoms with Crippen molar-refractivity contribution in [2.45, 2.75) is 19.1 Å². The monoisotopic (exact) mass is 320 g/mol. The van der Waals surface area contributed by atoms with E-state index in [2.05, 4.69) is 39.9 Å². The van der Waals surface area contributed by atoms with Crippen LogP contribution in [-0.2, 0) is 11.3 Å². The maximum absolute atomic E-state index is 10.6. The van der Waals surface area contributed by atoms with Crippen LogP contribution in [0.15, 0.2) is 29.6 Å². The topological polar surface area (TPSA) is 44.7 Å². The summed E-state index contributed by atoms with van der Waals surface area (Å²) in [5.74, 6) is 0. The molecule has 0 radical (unpaired) electrons. The second kappa shape index (κ2) is 7.06. The third-order valence-electron chi connectivity index (χ3n) is 4.05. The molecule has 22 heavy (non-hydrogen) atoms. The predicted octanol–water partition coefficient (Wildman–Crippen LogP) is 2.07. The summed E-state index contributed by atoms with van der Waals surface area (Å²) < 4.78 is 6.67. The van der Waals surface area contributed by atoms with Crippen molar-refractivity contribution in [2.75, 3.05) is 39.4 Å². The summed E-state index contributed by atoms with van der Waals surface area (Å²) >= 11 is 1.78. The highest BCUT2D eigenvalue weighted by atomic mass is 32.1. The van der Waals surface area contributed by atoms with E-state index in [0.717, 1.165) is 32.8 Å². The van der Waals surface area contributed by atoms with E-state index >= 15 is 0 Å². The van der Waals surface area contributed by atoms with E-state index in [9.17, 15) is 5.11 Å². The third kappa shape index (κ3) is 4.06. The number of fused-ring (bicyclic) bond motifs is 1. The Hall–Kier alpha value is -0.980. The molecule has 0 spiro atoms. The molecule has 1 fully saturated rings. The molecule has 5 heteroatoms. The lowest BCUT2D eigenvalue weighted by molar-refractivity contribution is -0.0219. The Kier molecular flexibility index (Phi) is 5.10. The SMILES string of the molecule is CC(O)(CNCc1csc2ccccc12)CN1CCOCC1. The minimum absolute atomic E-state index is 0.592. The van der Waals surface area contributed by atoms with Crippen molar-refractivity contribution in [1.82, 2.24) is 10.2 Å². The minimum Gasteiger partial charge on any atom is -0.388 e. The van der Waals surface area contributed by atoms with Crippen LogP contribution in [0.2, 0.25) is 0 Å². The molecule has 120 valence electrons. The number of β-amino-alcohol motifs (C(OH)–C–C–N with tert-alkyl or cyclic N) is 1. The third-order valence-corrected chi connectivity index (χ3v) is 5.06. The second-order valence-electron chi connectivity index (χ2n) is 6.25. The molecule has 1 atom stereocenters. The fourth-order valence-corrected chi connectivity index (χ4v) is 3.90. The Balaban J connectivity index is 1.51. The van der Waals surface area contributed by atoms with E-state index in [1.165, 1.54) is 15.6 Å². The summed E-state index contributed by atoms with van der Waals surface area (Å²) in [5.41, 5.74) is 0.589. The fraction of sp³-hybridized carbons (Fsp3) is 0.529. The average Bonchev–Trinajstić information content (AvgIpc) is 2.91. The average molecular weight is 320 g/mol. The summed E-state index contributed by atoms with van der Waals surface area (Å²) in [6, 6.07) is 8.46. The van der Waals surface area contributed by atoms with E-state index < -0.39 is 5.60 Å². The molecule has 1 aromatic carbocycles. The molecule has 1 aliphatic heterocycles. The molecule has 1 unspecified atom stereocenters. The van der Waals surface area contributed by atoms with Gasteiger partial charge in [0, 0.05) is 37.4 Å². The number of aliphatic hydroxyl groups is 1. The van der Waals surface area contributed by atoms with E-state index in [1.54, 1.807) is 11.3 Å². The molecular formula is C17H24N2O2S. The Morgan fingerprint density at radius 1 is 1.32 bits per heavy atom.